The van der Waals surface area contributed by atoms with E-state index in [2.05, 4.69) is 0 Å². The fourth-order valence-electron chi connectivity index (χ4n) is 1.33. The summed E-state index contributed by atoms with van der Waals surface area (Å²) in [4.78, 5) is 10.2. The molecular weight excluding hydrogens is 224 g/mol. The molecule has 0 spiro atoms. The fraction of sp³-hybridized carbons (Fsp3) is 0.455. The molecule has 0 unspecified atom stereocenters. The van der Waals surface area contributed by atoms with Gasteiger partial charge in [-0.05, 0) is 19.1 Å². The van der Waals surface area contributed by atoms with E-state index in [0.29, 0.717) is 37.7 Å². The number of hydrogen-bond donors (Lipinski definition) is 1. The van der Waals surface area contributed by atoms with E-state index >= 15 is 0 Å². The van der Waals surface area contributed by atoms with Crippen molar-refractivity contribution in [2.75, 3.05) is 26.4 Å². The van der Waals surface area contributed by atoms with E-state index in [4.69, 9.17) is 15.2 Å². The second kappa shape index (κ2) is 6.82. The van der Waals surface area contributed by atoms with E-state index in [0.717, 1.165) is 0 Å². The number of ether oxygens (including phenoxy) is 2. The Morgan fingerprint density at radius 1 is 1.35 bits per heavy atom. The quantitative estimate of drug-likeness (QED) is 0.440. The van der Waals surface area contributed by atoms with E-state index in [1.165, 1.54) is 6.07 Å². The summed E-state index contributed by atoms with van der Waals surface area (Å²) in [7, 11) is 0. The maximum atomic E-state index is 10.6. The zero-order valence-corrected chi connectivity index (χ0v) is 9.72. The van der Waals surface area contributed by atoms with Crippen molar-refractivity contribution in [2.45, 2.75) is 6.92 Å². The van der Waals surface area contributed by atoms with Gasteiger partial charge in [0.1, 0.15) is 12.4 Å². The molecule has 0 saturated heterocycles. The number of hydrogen-bond acceptors (Lipinski definition) is 5. The molecule has 0 aliphatic rings. The average molecular weight is 240 g/mol. The van der Waals surface area contributed by atoms with Crippen molar-refractivity contribution in [2.24, 2.45) is 5.73 Å². The molecule has 0 heterocycles. The van der Waals surface area contributed by atoms with Crippen molar-refractivity contribution in [1.82, 2.24) is 0 Å². The Labute approximate surface area is 99.5 Å². The first kappa shape index (κ1) is 13.4. The molecule has 1 rings (SSSR count). The van der Waals surface area contributed by atoms with Crippen LogP contribution in [-0.4, -0.2) is 31.3 Å². The van der Waals surface area contributed by atoms with Crippen LogP contribution in [0.15, 0.2) is 18.2 Å². The average Bonchev–Trinajstić information content (AvgIpc) is 2.28. The Morgan fingerprint density at radius 2 is 2.12 bits per heavy atom. The molecule has 0 atom stereocenters. The van der Waals surface area contributed by atoms with Crippen molar-refractivity contribution >= 4 is 5.69 Å². The first-order valence-corrected chi connectivity index (χ1v) is 5.31. The molecule has 0 aliphatic carbocycles. The molecule has 0 saturated carbocycles. The Kier molecular flexibility index (Phi) is 5.38. The van der Waals surface area contributed by atoms with E-state index < -0.39 is 4.92 Å². The van der Waals surface area contributed by atoms with Gasteiger partial charge in [0.15, 0.2) is 0 Å². The highest BCUT2D eigenvalue weighted by molar-refractivity contribution is 5.44. The third-order valence-corrected chi connectivity index (χ3v) is 2.12. The number of nitro groups is 1. The van der Waals surface area contributed by atoms with Crippen molar-refractivity contribution in [3.63, 3.8) is 0 Å². The van der Waals surface area contributed by atoms with E-state index in [-0.39, 0.29) is 5.69 Å². The molecular formula is C11H16N2O4. The van der Waals surface area contributed by atoms with Crippen LogP contribution in [0.5, 0.6) is 5.75 Å². The van der Waals surface area contributed by atoms with Crippen LogP contribution in [0, 0.1) is 17.0 Å². The first-order chi connectivity index (χ1) is 8.15. The van der Waals surface area contributed by atoms with Gasteiger partial charge in [-0.25, -0.2) is 0 Å². The number of aryl methyl sites for hydroxylation is 1. The SMILES string of the molecule is Cc1cc(OCCOCCN)ccc1[N+](=O)[O-]. The van der Waals surface area contributed by atoms with E-state index in [9.17, 15) is 10.1 Å². The second-order valence-electron chi connectivity index (χ2n) is 3.45. The Morgan fingerprint density at radius 3 is 2.71 bits per heavy atom. The standard InChI is InChI=1S/C11H16N2O4/c1-9-8-10(2-3-11(9)13(14)15)17-7-6-16-5-4-12/h2-3,8H,4-7,12H2,1H3. The lowest BCUT2D eigenvalue weighted by molar-refractivity contribution is -0.385. The van der Waals surface area contributed by atoms with E-state index in [1.54, 1.807) is 19.1 Å². The summed E-state index contributed by atoms with van der Waals surface area (Å²) in [6.07, 6.45) is 0. The normalized spacial score (nSPS) is 10.2. The summed E-state index contributed by atoms with van der Waals surface area (Å²) < 4.78 is 10.5. The van der Waals surface area contributed by atoms with Crippen molar-refractivity contribution in [1.29, 1.82) is 0 Å². The molecule has 0 radical (unpaired) electrons. The van der Waals surface area contributed by atoms with Gasteiger partial charge in [-0.1, -0.05) is 0 Å². The molecule has 17 heavy (non-hydrogen) atoms. The number of nitro benzene ring substituents is 1. The van der Waals surface area contributed by atoms with E-state index in [1.807, 2.05) is 0 Å². The van der Waals surface area contributed by atoms with Gasteiger partial charge in [-0.2, -0.15) is 0 Å². The monoisotopic (exact) mass is 240 g/mol. The molecule has 6 nitrogen and oxygen atoms in total. The van der Waals surface area contributed by atoms with Gasteiger partial charge in [0.25, 0.3) is 5.69 Å². The van der Waals surface area contributed by atoms with Gasteiger partial charge in [0.05, 0.1) is 18.1 Å². The van der Waals surface area contributed by atoms with Crippen LogP contribution in [0.2, 0.25) is 0 Å². The van der Waals surface area contributed by atoms with Crippen molar-refractivity contribution < 1.29 is 14.4 Å². The summed E-state index contributed by atoms with van der Waals surface area (Å²) in [6, 6.07) is 4.65. The largest absolute Gasteiger partial charge is 0.491 e. The third kappa shape index (κ3) is 4.38. The molecule has 0 aliphatic heterocycles. The summed E-state index contributed by atoms with van der Waals surface area (Å²) >= 11 is 0. The van der Waals surface area contributed by atoms with Gasteiger partial charge in [0.2, 0.25) is 0 Å². The molecule has 1 aromatic rings. The minimum Gasteiger partial charge on any atom is -0.491 e. The van der Waals surface area contributed by atoms with Crippen LogP contribution in [0.4, 0.5) is 5.69 Å². The zero-order valence-electron chi connectivity index (χ0n) is 9.72. The van der Waals surface area contributed by atoms with Crippen LogP contribution < -0.4 is 10.5 Å². The lowest BCUT2D eigenvalue weighted by Crippen LogP contribution is -2.13. The predicted octanol–water partition coefficient (Wildman–Crippen LogP) is 1.26. The van der Waals surface area contributed by atoms with Crippen LogP contribution >= 0.6 is 0 Å². The fourth-order valence-corrected chi connectivity index (χ4v) is 1.33. The molecule has 1 aromatic carbocycles. The number of benzene rings is 1. The molecule has 94 valence electrons. The summed E-state index contributed by atoms with van der Waals surface area (Å²) in [5, 5.41) is 10.6. The summed E-state index contributed by atoms with van der Waals surface area (Å²) in [5.74, 6) is 0.601. The molecule has 6 heteroatoms. The van der Waals surface area contributed by atoms with Gasteiger partial charge in [0, 0.05) is 18.2 Å². The van der Waals surface area contributed by atoms with Gasteiger partial charge in [-0.15, -0.1) is 0 Å². The topological polar surface area (TPSA) is 87.6 Å². The number of nitrogens with zero attached hydrogens (tertiary/aromatic N) is 1. The lowest BCUT2D eigenvalue weighted by Gasteiger charge is -2.07. The predicted molar refractivity (Wildman–Crippen MR) is 63.2 cm³/mol. The maximum absolute atomic E-state index is 10.6. The lowest BCUT2D eigenvalue weighted by atomic mass is 10.2. The highest BCUT2D eigenvalue weighted by atomic mass is 16.6. The molecule has 0 bridgehead atoms. The Bertz CT molecular complexity index is 382. The van der Waals surface area contributed by atoms with Gasteiger partial charge >= 0.3 is 0 Å². The van der Waals surface area contributed by atoms with Crippen LogP contribution in [-0.2, 0) is 4.74 Å². The van der Waals surface area contributed by atoms with Gasteiger partial charge in [-0.3, -0.25) is 10.1 Å². The van der Waals surface area contributed by atoms with Crippen LogP contribution in [0.3, 0.4) is 0 Å². The summed E-state index contributed by atoms with van der Waals surface area (Å²) in [6.45, 7) is 3.51. The minimum atomic E-state index is -0.413. The number of nitrogens with two attached hydrogens (primary N) is 1. The zero-order chi connectivity index (χ0) is 12.7. The third-order valence-electron chi connectivity index (χ3n) is 2.12. The molecule has 2 N–H and O–H groups in total. The maximum Gasteiger partial charge on any atom is 0.272 e. The van der Waals surface area contributed by atoms with Gasteiger partial charge < -0.3 is 15.2 Å². The molecule has 0 fully saturated rings. The highest BCUT2D eigenvalue weighted by Gasteiger charge is 2.10. The highest BCUT2D eigenvalue weighted by Crippen LogP contribution is 2.22. The Hall–Kier alpha value is -1.66. The van der Waals surface area contributed by atoms with Crippen molar-refractivity contribution in [3.05, 3.63) is 33.9 Å². The first-order valence-electron chi connectivity index (χ1n) is 5.31. The van der Waals surface area contributed by atoms with Crippen LogP contribution in [0.25, 0.3) is 0 Å². The molecule has 0 amide bonds. The molecule has 0 aromatic heterocycles. The minimum absolute atomic E-state index is 0.0942. The smallest absolute Gasteiger partial charge is 0.272 e. The Balaban J connectivity index is 2.45. The summed E-state index contributed by atoms with van der Waals surface area (Å²) in [5.41, 5.74) is 5.93. The van der Waals surface area contributed by atoms with Crippen molar-refractivity contribution in [3.8, 4) is 5.75 Å². The number of rotatable bonds is 7. The second-order valence-corrected chi connectivity index (χ2v) is 3.45. The van der Waals surface area contributed by atoms with Crippen LogP contribution in [0.1, 0.15) is 5.56 Å².